The zero-order chi connectivity index (χ0) is 37.9. The predicted molar refractivity (Wildman–Crippen MR) is 245 cm³/mol. The Morgan fingerprint density at radius 3 is 1.57 bits per heavy atom. The maximum atomic E-state index is 6.80. The zero-order valence-electron chi connectivity index (χ0n) is 31.3. The molecule has 0 aliphatic carbocycles. The van der Waals surface area contributed by atoms with E-state index >= 15 is 0 Å². The lowest BCUT2D eigenvalue weighted by Crippen LogP contribution is -1.90. The fourth-order valence-electron chi connectivity index (χ4n) is 9.88. The molecule has 0 radical (unpaired) electrons. The smallest absolute Gasteiger partial charge is 0.143 e. The van der Waals surface area contributed by atoms with Gasteiger partial charge in [-0.25, -0.2) is 0 Å². The lowest BCUT2D eigenvalue weighted by atomic mass is 9.86. The first-order chi connectivity index (χ1) is 28.8. The van der Waals surface area contributed by atoms with Crippen molar-refractivity contribution in [2.45, 2.75) is 0 Å². The Kier molecular flexibility index (Phi) is 6.47. The molecule has 0 amide bonds. The minimum atomic E-state index is 0.878. The first-order valence-electron chi connectivity index (χ1n) is 19.9. The van der Waals surface area contributed by atoms with Crippen molar-refractivity contribution in [1.82, 2.24) is 0 Å². The van der Waals surface area contributed by atoms with Gasteiger partial charge in [0.1, 0.15) is 22.3 Å². The second kappa shape index (κ2) is 11.9. The maximum Gasteiger partial charge on any atom is 0.143 e. The molecule has 0 fully saturated rings. The second-order valence-corrected chi connectivity index (χ2v) is 15.5. The molecular weight excluding hydrogens is 705 g/mol. The predicted octanol–water partition coefficient (Wildman–Crippen LogP) is 16.3. The van der Waals surface area contributed by atoms with E-state index in [-0.39, 0.29) is 0 Å². The van der Waals surface area contributed by atoms with Gasteiger partial charge in [0.15, 0.2) is 0 Å². The highest BCUT2D eigenvalue weighted by molar-refractivity contribution is 6.31. The molecule has 268 valence electrons. The van der Waals surface area contributed by atoms with Gasteiger partial charge in [-0.1, -0.05) is 158 Å². The van der Waals surface area contributed by atoms with Gasteiger partial charge in [0, 0.05) is 26.9 Å². The van der Waals surface area contributed by atoms with E-state index in [0.29, 0.717) is 0 Å². The van der Waals surface area contributed by atoms with E-state index in [1.807, 2.05) is 0 Å². The summed E-state index contributed by atoms with van der Waals surface area (Å²) in [4.78, 5) is 0. The second-order valence-electron chi connectivity index (χ2n) is 15.5. The molecule has 2 nitrogen and oxygen atoms in total. The van der Waals surface area contributed by atoms with Gasteiger partial charge in [0.2, 0.25) is 0 Å². The van der Waals surface area contributed by atoms with Gasteiger partial charge in [-0.3, -0.25) is 0 Å². The third kappa shape index (κ3) is 4.43. The summed E-state index contributed by atoms with van der Waals surface area (Å²) >= 11 is 0. The SMILES string of the molecule is c1ccc(-c2c3ccccc3c(-c3ccc4c(c3)oc3ccc(-c5cccc6cc7c(cc56)oc5c6ccccc6c6ccccc6c75)cc34)c3ccccc23)cc1. The third-order valence-corrected chi connectivity index (χ3v) is 12.4. The van der Waals surface area contributed by atoms with E-state index in [2.05, 4.69) is 194 Å². The third-order valence-electron chi connectivity index (χ3n) is 12.4. The highest BCUT2D eigenvalue weighted by Crippen LogP contribution is 2.46. The summed E-state index contributed by atoms with van der Waals surface area (Å²) in [6, 6.07) is 70.1. The van der Waals surface area contributed by atoms with Crippen molar-refractivity contribution in [3.05, 3.63) is 194 Å². The molecule has 0 N–H and O–H groups in total. The van der Waals surface area contributed by atoms with Crippen LogP contribution in [0.25, 0.3) is 131 Å². The van der Waals surface area contributed by atoms with Crippen LogP contribution >= 0.6 is 0 Å². The minimum absolute atomic E-state index is 0.878. The van der Waals surface area contributed by atoms with E-state index in [0.717, 1.165) is 60.4 Å². The molecular formula is C56H32O2. The van der Waals surface area contributed by atoms with Crippen molar-refractivity contribution < 1.29 is 8.83 Å². The van der Waals surface area contributed by atoms with Crippen LogP contribution in [-0.2, 0) is 0 Å². The van der Waals surface area contributed by atoms with Gasteiger partial charge in [0.25, 0.3) is 0 Å². The van der Waals surface area contributed by atoms with Crippen LogP contribution in [0.4, 0.5) is 0 Å². The first kappa shape index (κ1) is 31.5. The van der Waals surface area contributed by atoms with Crippen LogP contribution < -0.4 is 0 Å². The van der Waals surface area contributed by atoms with Crippen LogP contribution in [0, 0.1) is 0 Å². The molecule has 11 aromatic carbocycles. The quantitative estimate of drug-likeness (QED) is 0.133. The van der Waals surface area contributed by atoms with Gasteiger partial charge in [-0.2, -0.15) is 0 Å². The molecule has 0 saturated carbocycles. The summed E-state index contributed by atoms with van der Waals surface area (Å²) in [5.41, 5.74) is 10.8. The van der Waals surface area contributed by atoms with E-state index in [9.17, 15) is 0 Å². The summed E-state index contributed by atoms with van der Waals surface area (Å²) in [6.45, 7) is 0. The standard InChI is InChI=1S/C56H32O2/c1-2-13-33(14-3-1)53-42-19-7-9-21-44(42)54(45-22-10-8-20-43(45)53)36-25-27-40-48-29-35(26-28-50(48)57-51(40)31-36)37-24-12-15-34-30-49-52(32-47(34)37)58-56-46-23-11-5-17-39(46)38-16-4-6-18-41(38)55(49)56/h1-32H. The summed E-state index contributed by atoms with van der Waals surface area (Å²) < 4.78 is 13.5. The van der Waals surface area contributed by atoms with Gasteiger partial charge < -0.3 is 8.83 Å². The first-order valence-corrected chi connectivity index (χ1v) is 19.9. The average molecular weight is 737 g/mol. The summed E-state index contributed by atoms with van der Waals surface area (Å²) in [6.07, 6.45) is 0. The molecule has 0 spiro atoms. The van der Waals surface area contributed by atoms with Crippen molar-refractivity contribution in [1.29, 1.82) is 0 Å². The van der Waals surface area contributed by atoms with Crippen molar-refractivity contribution in [2.24, 2.45) is 0 Å². The Labute approximate surface area is 332 Å². The Morgan fingerprint density at radius 2 is 0.845 bits per heavy atom. The van der Waals surface area contributed by atoms with Gasteiger partial charge >= 0.3 is 0 Å². The van der Waals surface area contributed by atoms with Crippen LogP contribution in [0.3, 0.4) is 0 Å². The summed E-state index contributed by atoms with van der Waals surface area (Å²) in [7, 11) is 0. The largest absolute Gasteiger partial charge is 0.456 e. The normalized spacial score (nSPS) is 12.1. The molecule has 0 atom stereocenters. The number of furan rings is 2. The van der Waals surface area contributed by atoms with Gasteiger partial charge in [-0.15, -0.1) is 0 Å². The van der Waals surface area contributed by atoms with Crippen molar-refractivity contribution in [2.75, 3.05) is 0 Å². The number of hydrogen-bond donors (Lipinski definition) is 0. The topological polar surface area (TPSA) is 26.3 Å². The van der Waals surface area contributed by atoms with Crippen molar-refractivity contribution in [3.8, 4) is 33.4 Å². The van der Waals surface area contributed by atoms with E-state index in [1.165, 1.54) is 70.7 Å². The highest BCUT2D eigenvalue weighted by atomic mass is 16.3. The number of hydrogen-bond acceptors (Lipinski definition) is 2. The highest BCUT2D eigenvalue weighted by Gasteiger charge is 2.20. The molecule has 2 heteroatoms. The Hall–Kier alpha value is -7.68. The minimum Gasteiger partial charge on any atom is -0.456 e. The molecule has 58 heavy (non-hydrogen) atoms. The van der Waals surface area contributed by atoms with Crippen LogP contribution in [0.15, 0.2) is 203 Å². The van der Waals surface area contributed by atoms with E-state index < -0.39 is 0 Å². The van der Waals surface area contributed by atoms with Crippen LogP contribution in [-0.4, -0.2) is 0 Å². The van der Waals surface area contributed by atoms with Crippen LogP contribution in [0.2, 0.25) is 0 Å². The van der Waals surface area contributed by atoms with Gasteiger partial charge in [0.05, 0.1) is 0 Å². The Bertz CT molecular complexity index is 3790. The molecule has 13 aromatic rings. The molecule has 2 aromatic heterocycles. The van der Waals surface area contributed by atoms with Gasteiger partial charge in [-0.05, 0) is 118 Å². The van der Waals surface area contributed by atoms with Crippen molar-refractivity contribution >= 4 is 97.7 Å². The fraction of sp³-hybridized carbons (Fsp3) is 0. The number of fused-ring (bicyclic) bond motifs is 14. The Balaban J connectivity index is 0.982. The number of benzene rings is 11. The molecule has 0 bridgehead atoms. The monoisotopic (exact) mass is 736 g/mol. The number of rotatable bonds is 3. The molecule has 0 aliphatic heterocycles. The summed E-state index contributed by atoms with van der Waals surface area (Å²) in [5, 5.41) is 16.6. The van der Waals surface area contributed by atoms with E-state index in [4.69, 9.17) is 8.83 Å². The molecule has 0 saturated heterocycles. The average Bonchev–Trinajstić information content (AvgIpc) is 3.85. The lowest BCUT2D eigenvalue weighted by Gasteiger charge is -2.17. The van der Waals surface area contributed by atoms with E-state index in [1.54, 1.807) is 0 Å². The maximum absolute atomic E-state index is 6.80. The lowest BCUT2D eigenvalue weighted by molar-refractivity contribution is 0.669. The Morgan fingerprint density at radius 1 is 0.259 bits per heavy atom. The zero-order valence-corrected chi connectivity index (χ0v) is 31.3. The van der Waals surface area contributed by atoms with Crippen LogP contribution in [0.1, 0.15) is 0 Å². The van der Waals surface area contributed by atoms with Crippen LogP contribution in [0.5, 0.6) is 0 Å². The molecule has 2 heterocycles. The van der Waals surface area contributed by atoms with Crippen molar-refractivity contribution in [3.63, 3.8) is 0 Å². The molecule has 13 rings (SSSR count). The molecule has 0 unspecified atom stereocenters. The molecule has 0 aliphatic rings. The summed E-state index contributed by atoms with van der Waals surface area (Å²) in [5.74, 6) is 0. The fourth-order valence-corrected chi connectivity index (χ4v) is 9.88.